The smallest absolute Gasteiger partial charge is 0.134 e. The van der Waals surface area contributed by atoms with Gasteiger partial charge in [0, 0.05) is 33.4 Å². The van der Waals surface area contributed by atoms with Crippen molar-refractivity contribution >= 4 is 46.2 Å². The third kappa shape index (κ3) is 3.59. The number of pyridine rings is 1. The summed E-state index contributed by atoms with van der Waals surface area (Å²) in [7, 11) is 0. The Morgan fingerprint density at radius 2 is 1.96 bits per heavy atom. The van der Waals surface area contributed by atoms with Crippen LogP contribution in [0.2, 0.25) is 10.0 Å². The van der Waals surface area contributed by atoms with Gasteiger partial charge in [0.25, 0.3) is 0 Å². The Morgan fingerprint density at radius 1 is 1.17 bits per heavy atom. The van der Waals surface area contributed by atoms with Gasteiger partial charge in [-0.15, -0.1) is 11.3 Å². The van der Waals surface area contributed by atoms with Gasteiger partial charge >= 0.3 is 0 Å². The fraction of sp³-hybridized carbons (Fsp3) is 0. The molecule has 23 heavy (non-hydrogen) atoms. The predicted octanol–water partition coefficient (Wildman–Crippen LogP) is 5.58. The molecule has 2 heterocycles. The van der Waals surface area contributed by atoms with Crippen LogP contribution in [0.1, 0.15) is 10.6 Å². The fourth-order valence-electron chi connectivity index (χ4n) is 1.97. The largest absolute Gasteiger partial charge is 0.265 e. The number of allylic oxidation sites excluding steroid dienone is 1. The van der Waals surface area contributed by atoms with Crippen LogP contribution >= 0.6 is 34.5 Å². The van der Waals surface area contributed by atoms with Crippen LogP contribution in [0.25, 0.3) is 22.9 Å². The minimum Gasteiger partial charge on any atom is -0.265 e. The number of rotatable bonds is 3. The van der Waals surface area contributed by atoms with Crippen molar-refractivity contribution in [3.8, 4) is 17.3 Å². The molecule has 1 aromatic carbocycles. The summed E-state index contributed by atoms with van der Waals surface area (Å²) in [6.07, 6.45) is 5.14. The number of halogens is 2. The highest BCUT2D eigenvalue weighted by Crippen LogP contribution is 2.29. The molecule has 0 aliphatic rings. The predicted molar refractivity (Wildman–Crippen MR) is 95.3 cm³/mol. The van der Waals surface area contributed by atoms with E-state index in [1.54, 1.807) is 36.7 Å². The Kier molecular flexibility index (Phi) is 4.73. The number of nitrogens with zero attached hydrogens (tertiary/aromatic N) is 3. The second kappa shape index (κ2) is 6.93. The van der Waals surface area contributed by atoms with E-state index in [1.165, 1.54) is 11.3 Å². The minimum absolute atomic E-state index is 0.458. The Morgan fingerprint density at radius 3 is 2.65 bits per heavy atom. The number of aromatic nitrogens is 2. The van der Waals surface area contributed by atoms with E-state index in [4.69, 9.17) is 23.2 Å². The zero-order valence-corrected chi connectivity index (χ0v) is 14.0. The number of hydrogen-bond donors (Lipinski definition) is 0. The quantitative estimate of drug-likeness (QED) is 0.575. The summed E-state index contributed by atoms with van der Waals surface area (Å²) < 4.78 is 0. The lowest BCUT2D eigenvalue weighted by molar-refractivity contribution is 1.31. The molecular formula is C17H9Cl2N3S. The second-order valence-corrected chi connectivity index (χ2v) is 6.31. The lowest BCUT2D eigenvalue weighted by atomic mass is 10.1. The van der Waals surface area contributed by atoms with Gasteiger partial charge in [-0.3, -0.25) is 4.98 Å². The van der Waals surface area contributed by atoms with Crippen molar-refractivity contribution in [2.45, 2.75) is 0 Å². The maximum atomic E-state index is 9.44. The lowest BCUT2D eigenvalue weighted by Gasteiger charge is -2.00. The lowest BCUT2D eigenvalue weighted by Crippen LogP contribution is -1.84. The van der Waals surface area contributed by atoms with Gasteiger partial charge in [0.2, 0.25) is 0 Å². The molecule has 0 unspecified atom stereocenters. The van der Waals surface area contributed by atoms with E-state index in [0.29, 0.717) is 20.6 Å². The summed E-state index contributed by atoms with van der Waals surface area (Å²) in [6, 6.07) is 11.1. The van der Waals surface area contributed by atoms with Crippen LogP contribution in [0, 0.1) is 11.3 Å². The Hall–Kier alpha value is -2.19. The summed E-state index contributed by atoms with van der Waals surface area (Å²) in [5.41, 5.74) is 2.97. The van der Waals surface area contributed by atoms with Crippen molar-refractivity contribution in [3.63, 3.8) is 0 Å². The molecule has 0 saturated heterocycles. The molecular weight excluding hydrogens is 349 g/mol. The maximum Gasteiger partial charge on any atom is 0.134 e. The molecule has 0 saturated carbocycles. The first-order valence-electron chi connectivity index (χ1n) is 6.60. The highest BCUT2D eigenvalue weighted by atomic mass is 35.5. The molecule has 0 spiro atoms. The van der Waals surface area contributed by atoms with E-state index >= 15 is 0 Å². The number of benzene rings is 1. The molecule has 0 aliphatic heterocycles. The first-order chi connectivity index (χ1) is 11.2. The summed E-state index contributed by atoms with van der Waals surface area (Å²) in [4.78, 5) is 8.51. The zero-order chi connectivity index (χ0) is 16.2. The molecule has 112 valence electrons. The fourth-order valence-corrected chi connectivity index (χ4v) is 3.23. The molecule has 3 nitrogen and oxygen atoms in total. The Labute approximate surface area is 147 Å². The number of hydrogen-bond acceptors (Lipinski definition) is 4. The van der Waals surface area contributed by atoms with Gasteiger partial charge in [-0.2, -0.15) is 5.26 Å². The average Bonchev–Trinajstić information content (AvgIpc) is 3.05. The highest BCUT2D eigenvalue weighted by molar-refractivity contribution is 7.11. The second-order valence-electron chi connectivity index (χ2n) is 4.61. The molecule has 0 radical (unpaired) electrons. The third-order valence-electron chi connectivity index (χ3n) is 3.09. The number of thiazole rings is 1. The van der Waals surface area contributed by atoms with Gasteiger partial charge in [0.15, 0.2) is 0 Å². The monoisotopic (exact) mass is 357 g/mol. The van der Waals surface area contributed by atoms with Crippen molar-refractivity contribution in [1.82, 2.24) is 9.97 Å². The van der Waals surface area contributed by atoms with Gasteiger partial charge < -0.3 is 0 Å². The van der Waals surface area contributed by atoms with Crippen LogP contribution in [-0.4, -0.2) is 9.97 Å². The molecule has 0 N–H and O–H groups in total. The van der Waals surface area contributed by atoms with Crippen molar-refractivity contribution in [3.05, 3.63) is 68.7 Å². The zero-order valence-electron chi connectivity index (χ0n) is 11.7. The van der Waals surface area contributed by atoms with Crippen LogP contribution in [0.15, 0.2) is 48.1 Å². The summed E-state index contributed by atoms with van der Waals surface area (Å²) >= 11 is 13.5. The molecule has 0 bridgehead atoms. The van der Waals surface area contributed by atoms with Crippen molar-refractivity contribution in [2.24, 2.45) is 0 Å². The molecule has 3 aromatic rings. The summed E-state index contributed by atoms with van der Waals surface area (Å²) in [5.74, 6) is 0. The molecule has 0 aliphatic carbocycles. The molecule has 2 aromatic heterocycles. The molecule has 0 atom stereocenters. The van der Waals surface area contributed by atoms with Crippen LogP contribution in [0.3, 0.4) is 0 Å². The van der Waals surface area contributed by atoms with Crippen molar-refractivity contribution < 1.29 is 0 Å². The van der Waals surface area contributed by atoms with Crippen molar-refractivity contribution in [2.75, 3.05) is 0 Å². The van der Waals surface area contributed by atoms with E-state index in [1.807, 2.05) is 17.5 Å². The third-order valence-corrected chi connectivity index (χ3v) is 4.53. The first kappa shape index (κ1) is 15.7. The van der Waals surface area contributed by atoms with Gasteiger partial charge in [-0.05, 0) is 35.9 Å². The Bertz CT molecular complexity index is 911. The Balaban J connectivity index is 1.97. The molecule has 0 amide bonds. The maximum absolute atomic E-state index is 9.44. The van der Waals surface area contributed by atoms with E-state index < -0.39 is 0 Å². The van der Waals surface area contributed by atoms with Gasteiger partial charge in [0.05, 0.1) is 11.3 Å². The van der Waals surface area contributed by atoms with E-state index in [-0.39, 0.29) is 0 Å². The van der Waals surface area contributed by atoms with Gasteiger partial charge in [-0.25, -0.2) is 4.98 Å². The minimum atomic E-state index is 0.458. The van der Waals surface area contributed by atoms with E-state index in [0.717, 1.165) is 16.8 Å². The summed E-state index contributed by atoms with van der Waals surface area (Å²) in [5, 5.41) is 13.0. The topological polar surface area (TPSA) is 49.6 Å². The van der Waals surface area contributed by atoms with Gasteiger partial charge in [0.1, 0.15) is 11.1 Å². The standard InChI is InChI=1S/C17H9Cl2N3S/c18-14-2-1-12(15(19)8-14)7-13(9-20)17-22-16(10-23-17)11-3-5-21-6-4-11/h1-8,10H/b13-7-. The van der Waals surface area contributed by atoms with Crippen LogP contribution in [0.4, 0.5) is 0 Å². The molecule has 0 fully saturated rings. The van der Waals surface area contributed by atoms with Crippen LogP contribution < -0.4 is 0 Å². The van der Waals surface area contributed by atoms with E-state index in [9.17, 15) is 5.26 Å². The normalized spacial score (nSPS) is 11.3. The van der Waals surface area contributed by atoms with Crippen LogP contribution in [0.5, 0.6) is 0 Å². The summed E-state index contributed by atoms with van der Waals surface area (Å²) in [6.45, 7) is 0. The molecule has 6 heteroatoms. The SMILES string of the molecule is N#C/C(=C/c1ccc(Cl)cc1Cl)c1nc(-c2ccncc2)cs1. The van der Waals surface area contributed by atoms with Crippen molar-refractivity contribution in [1.29, 1.82) is 5.26 Å². The number of nitriles is 1. The average molecular weight is 358 g/mol. The highest BCUT2D eigenvalue weighted by Gasteiger charge is 2.10. The van der Waals surface area contributed by atoms with Gasteiger partial charge in [-0.1, -0.05) is 29.3 Å². The van der Waals surface area contributed by atoms with E-state index in [2.05, 4.69) is 16.0 Å². The first-order valence-corrected chi connectivity index (χ1v) is 8.24. The van der Waals surface area contributed by atoms with Crippen LogP contribution in [-0.2, 0) is 0 Å². The molecule has 3 rings (SSSR count).